The summed E-state index contributed by atoms with van der Waals surface area (Å²) in [6, 6.07) is 16.5. The number of nitrogens with zero attached hydrogens (tertiary/aromatic N) is 2. The van der Waals surface area contributed by atoms with Gasteiger partial charge in [-0.25, -0.2) is 4.98 Å². The molecule has 1 aromatic heterocycles. The van der Waals surface area contributed by atoms with Crippen LogP contribution in [0.25, 0.3) is 22.6 Å². The summed E-state index contributed by atoms with van der Waals surface area (Å²) in [6.45, 7) is 1.59. The lowest BCUT2D eigenvalue weighted by atomic mass is 10.1. The first-order chi connectivity index (χ1) is 13.9. The predicted octanol–water partition coefficient (Wildman–Crippen LogP) is 5.62. The van der Waals surface area contributed by atoms with E-state index in [0.29, 0.717) is 44.4 Å². The average Bonchev–Trinajstić information content (AvgIpc) is 3.13. The van der Waals surface area contributed by atoms with Crippen molar-refractivity contribution >= 4 is 40.0 Å². The Labute approximate surface area is 170 Å². The van der Waals surface area contributed by atoms with Crippen molar-refractivity contribution in [1.29, 1.82) is 0 Å². The topological polar surface area (TPSA) is 98.3 Å². The molecule has 0 atom stereocenters. The standard InChI is InChI=1S/C21H14ClN3O4/c1-12-10-13(6-9-18(12)25(27)28)20(26)23-14-7-8-16(22)15(11-14)21-24-17-4-2-3-5-19(17)29-21/h2-11H,1H3,(H,23,26). The molecular formula is C21H14ClN3O4. The Morgan fingerprint density at radius 1 is 1.14 bits per heavy atom. The molecule has 0 aliphatic rings. The van der Waals surface area contributed by atoms with Gasteiger partial charge in [0.05, 0.1) is 15.5 Å². The van der Waals surface area contributed by atoms with E-state index < -0.39 is 10.8 Å². The molecule has 0 aliphatic carbocycles. The third-order valence-electron chi connectivity index (χ3n) is 4.40. The molecule has 7 nitrogen and oxygen atoms in total. The Bertz CT molecular complexity index is 1230. The van der Waals surface area contributed by atoms with Crippen molar-refractivity contribution < 1.29 is 14.1 Å². The zero-order chi connectivity index (χ0) is 20.5. The third-order valence-corrected chi connectivity index (χ3v) is 4.73. The van der Waals surface area contributed by atoms with Crippen molar-refractivity contribution in [2.45, 2.75) is 6.92 Å². The number of nitrogens with one attached hydrogen (secondary N) is 1. The van der Waals surface area contributed by atoms with Crippen LogP contribution in [0.5, 0.6) is 0 Å². The normalized spacial score (nSPS) is 10.8. The van der Waals surface area contributed by atoms with Crippen LogP contribution in [0.4, 0.5) is 11.4 Å². The maximum absolute atomic E-state index is 12.6. The number of benzene rings is 3. The Hall–Kier alpha value is -3.71. The Kier molecular flexibility index (Phi) is 4.74. The molecule has 1 heterocycles. The maximum Gasteiger partial charge on any atom is 0.272 e. The molecule has 3 aromatic carbocycles. The van der Waals surface area contributed by atoms with Gasteiger partial charge in [-0.3, -0.25) is 14.9 Å². The van der Waals surface area contributed by atoms with Gasteiger partial charge in [0, 0.05) is 22.9 Å². The van der Waals surface area contributed by atoms with Crippen LogP contribution in [0.1, 0.15) is 15.9 Å². The molecule has 0 saturated carbocycles. The molecule has 0 radical (unpaired) electrons. The van der Waals surface area contributed by atoms with E-state index in [1.165, 1.54) is 18.2 Å². The second kappa shape index (κ2) is 7.37. The fraction of sp³-hybridized carbons (Fsp3) is 0.0476. The van der Waals surface area contributed by atoms with E-state index in [4.69, 9.17) is 16.0 Å². The van der Waals surface area contributed by atoms with E-state index in [1.807, 2.05) is 24.3 Å². The number of oxazole rings is 1. The quantitative estimate of drug-likeness (QED) is 0.350. The van der Waals surface area contributed by atoms with Gasteiger partial charge in [-0.05, 0) is 49.4 Å². The van der Waals surface area contributed by atoms with Crippen LogP contribution in [0, 0.1) is 17.0 Å². The zero-order valence-corrected chi connectivity index (χ0v) is 15.9. The molecule has 0 bridgehead atoms. The van der Waals surface area contributed by atoms with Crippen molar-refractivity contribution in [2.75, 3.05) is 5.32 Å². The zero-order valence-electron chi connectivity index (χ0n) is 15.2. The highest BCUT2D eigenvalue weighted by Crippen LogP contribution is 2.32. The summed E-state index contributed by atoms with van der Waals surface area (Å²) in [7, 11) is 0. The van der Waals surface area contributed by atoms with Crippen molar-refractivity contribution in [1.82, 2.24) is 4.98 Å². The number of amides is 1. The molecule has 8 heteroatoms. The predicted molar refractivity (Wildman–Crippen MR) is 110 cm³/mol. The number of halogens is 1. The molecule has 4 rings (SSSR count). The van der Waals surface area contributed by atoms with Gasteiger partial charge in [-0.1, -0.05) is 23.7 Å². The van der Waals surface area contributed by atoms with E-state index in [1.54, 1.807) is 25.1 Å². The van der Waals surface area contributed by atoms with Crippen LogP contribution in [-0.4, -0.2) is 15.8 Å². The van der Waals surface area contributed by atoms with Gasteiger partial charge in [-0.2, -0.15) is 0 Å². The molecule has 1 N–H and O–H groups in total. The third kappa shape index (κ3) is 3.68. The number of aromatic nitrogens is 1. The van der Waals surface area contributed by atoms with E-state index >= 15 is 0 Å². The van der Waals surface area contributed by atoms with Crippen molar-refractivity contribution in [2.24, 2.45) is 0 Å². The number of hydrogen-bond donors (Lipinski definition) is 1. The van der Waals surface area contributed by atoms with Crippen molar-refractivity contribution in [3.05, 3.63) is 86.9 Å². The summed E-state index contributed by atoms with van der Waals surface area (Å²) in [6.07, 6.45) is 0. The molecular weight excluding hydrogens is 394 g/mol. The summed E-state index contributed by atoms with van der Waals surface area (Å²) in [5.41, 5.74) is 3.06. The van der Waals surface area contributed by atoms with Crippen molar-refractivity contribution in [3.8, 4) is 11.5 Å². The second-order valence-corrected chi connectivity index (χ2v) is 6.80. The number of para-hydroxylation sites is 2. The number of fused-ring (bicyclic) bond motifs is 1. The van der Waals surface area contributed by atoms with E-state index in [2.05, 4.69) is 10.3 Å². The van der Waals surface area contributed by atoms with Gasteiger partial charge in [0.2, 0.25) is 5.89 Å². The molecule has 4 aromatic rings. The highest BCUT2D eigenvalue weighted by Gasteiger charge is 2.16. The molecule has 29 heavy (non-hydrogen) atoms. The van der Waals surface area contributed by atoms with Crippen LogP contribution in [0.15, 0.2) is 65.1 Å². The monoisotopic (exact) mass is 407 g/mol. The number of carbonyl (C=O) groups excluding carboxylic acids is 1. The summed E-state index contributed by atoms with van der Waals surface area (Å²) < 4.78 is 5.76. The molecule has 0 spiro atoms. The van der Waals surface area contributed by atoms with E-state index in [-0.39, 0.29) is 5.69 Å². The van der Waals surface area contributed by atoms with Gasteiger partial charge in [0.1, 0.15) is 5.52 Å². The summed E-state index contributed by atoms with van der Waals surface area (Å²) in [5.74, 6) is -0.0488. The number of nitro groups is 1. The van der Waals surface area contributed by atoms with Gasteiger partial charge >= 0.3 is 0 Å². The Morgan fingerprint density at radius 3 is 2.66 bits per heavy atom. The van der Waals surface area contributed by atoms with Crippen molar-refractivity contribution in [3.63, 3.8) is 0 Å². The van der Waals surface area contributed by atoms with Gasteiger partial charge < -0.3 is 9.73 Å². The highest BCUT2D eigenvalue weighted by molar-refractivity contribution is 6.33. The first-order valence-electron chi connectivity index (χ1n) is 8.64. The largest absolute Gasteiger partial charge is 0.436 e. The Balaban J connectivity index is 1.63. The number of aryl methyl sites for hydroxylation is 1. The summed E-state index contributed by atoms with van der Waals surface area (Å²) >= 11 is 6.30. The van der Waals surface area contributed by atoms with Gasteiger partial charge in [0.15, 0.2) is 5.58 Å². The first kappa shape index (κ1) is 18.6. The maximum atomic E-state index is 12.6. The fourth-order valence-corrected chi connectivity index (χ4v) is 3.16. The molecule has 1 amide bonds. The summed E-state index contributed by atoms with van der Waals surface area (Å²) in [5, 5.41) is 14.1. The van der Waals surface area contributed by atoms with Crippen LogP contribution >= 0.6 is 11.6 Å². The first-order valence-corrected chi connectivity index (χ1v) is 9.02. The minimum atomic E-state index is -0.483. The SMILES string of the molecule is Cc1cc(C(=O)Nc2ccc(Cl)c(-c3nc4ccccc4o3)c2)ccc1[N+](=O)[O-]. The number of anilines is 1. The lowest BCUT2D eigenvalue weighted by molar-refractivity contribution is -0.385. The molecule has 144 valence electrons. The van der Waals surface area contributed by atoms with Crippen LogP contribution in [0.2, 0.25) is 5.02 Å². The smallest absolute Gasteiger partial charge is 0.272 e. The highest BCUT2D eigenvalue weighted by atomic mass is 35.5. The molecule has 0 saturated heterocycles. The summed E-state index contributed by atoms with van der Waals surface area (Å²) in [4.78, 5) is 27.5. The van der Waals surface area contributed by atoms with Gasteiger partial charge in [-0.15, -0.1) is 0 Å². The lowest BCUT2D eigenvalue weighted by Crippen LogP contribution is -2.12. The number of rotatable bonds is 4. The fourth-order valence-electron chi connectivity index (χ4n) is 2.96. The number of nitro benzene ring substituents is 1. The average molecular weight is 408 g/mol. The minimum absolute atomic E-state index is 0.0358. The lowest BCUT2D eigenvalue weighted by Gasteiger charge is -2.08. The Morgan fingerprint density at radius 2 is 1.93 bits per heavy atom. The number of carbonyl (C=O) groups is 1. The number of hydrogen-bond acceptors (Lipinski definition) is 5. The second-order valence-electron chi connectivity index (χ2n) is 6.39. The van der Waals surface area contributed by atoms with E-state index in [0.717, 1.165) is 0 Å². The molecule has 0 fully saturated rings. The van der Waals surface area contributed by atoms with Gasteiger partial charge in [0.25, 0.3) is 11.6 Å². The van der Waals surface area contributed by atoms with Crippen LogP contribution in [0.3, 0.4) is 0 Å². The molecule has 0 aliphatic heterocycles. The van der Waals surface area contributed by atoms with Crippen LogP contribution < -0.4 is 5.32 Å². The molecule has 0 unspecified atom stereocenters. The van der Waals surface area contributed by atoms with Crippen LogP contribution in [-0.2, 0) is 0 Å². The minimum Gasteiger partial charge on any atom is -0.436 e. The van der Waals surface area contributed by atoms with E-state index in [9.17, 15) is 14.9 Å².